The van der Waals surface area contributed by atoms with Gasteiger partial charge in [-0.15, -0.1) is 0 Å². The predicted molar refractivity (Wildman–Crippen MR) is 63.3 cm³/mol. The van der Waals surface area contributed by atoms with Gasteiger partial charge < -0.3 is 5.32 Å². The minimum atomic E-state index is 0.274. The summed E-state index contributed by atoms with van der Waals surface area (Å²) in [6, 6.07) is 4.03. The summed E-state index contributed by atoms with van der Waals surface area (Å²) in [4.78, 5) is 4.49. The Hall–Kier alpha value is -0.600. The van der Waals surface area contributed by atoms with E-state index < -0.39 is 0 Å². The number of hydrogen-bond donors (Lipinski definition) is 1. The van der Waals surface area contributed by atoms with Crippen molar-refractivity contribution in [2.45, 2.75) is 31.6 Å². The van der Waals surface area contributed by atoms with Gasteiger partial charge in [-0.3, -0.25) is 4.98 Å². The topological polar surface area (TPSA) is 24.9 Å². The van der Waals surface area contributed by atoms with Crippen LogP contribution in [0.3, 0.4) is 0 Å². The van der Waals surface area contributed by atoms with Crippen LogP contribution in [0.25, 0.3) is 0 Å². The van der Waals surface area contributed by atoms with Gasteiger partial charge in [0.15, 0.2) is 0 Å². The molecule has 0 radical (unpaired) electrons. The first-order valence-electron chi connectivity index (χ1n) is 5.60. The second-order valence-electron chi connectivity index (χ2n) is 4.25. The van der Waals surface area contributed by atoms with Crippen molar-refractivity contribution < 1.29 is 0 Å². The SMILES string of the molecule is CCC1(c2ccc(Cl)cn2)CCNCC1. The van der Waals surface area contributed by atoms with Crippen molar-refractivity contribution in [1.29, 1.82) is 0 Å². The molecule has 1 saturated heterocycles. The summed E-state index contributed by atoms with van der Waals surface area (Å²) in [5, 5.41) is 4.12. The van der Waals surface area contributed by atoms with Gasteiger partial charge in [-0.1, -0.05) is 18.5 Å². The lowest BCUT2D eigenvalue weighted by molar-refractivity contribution is 0.290. The standard InChI is InChI=1S/C12H17ClN2/c1-2-12(5-7-14-8-6-12)11-4-3-10(13)9-15-11/h3-4,9,14H,2,5-8H2,1H3. The molecule has 2 rings (SSSR count). The molecule has 1 aromatic heterocycles. The van der Waals surface area contributed by atoms with Gasteiger partial charge in [0.1, 0.15) is 0 Å². The zero-order valence-corrected chi connectivity index (χ0v) is 9.85. The second kappa shape index (κ2) is 4.50. The third-order valence-electron chi connectivity index (χ3n) is 3.51. The van der Waals surface area contributed by atoms with E-state index in [0.717, 1.165) is 24.5 Å². The van der Waals surface area contributed by atoms with E-state index in [-0.39, 0.29) is 5.41 Å². The van der Waals surface area contributed by atoms with Crippen LogP contribution in [0.2, 0.25) is 5.02 Å². The average molecular weight is 225 g/mol. The Balaban J connectivity index is 2.28. The zero-order valence-electron chi connectivity index (χ0n) is 9.09. The Bertz CT molecular complexity index is 315. The van der Waals surface area contributed by atoms with Crippen molar-refractivity contribution in [3.8, 4) is 0 Å². The Morgan fingerprint density at radius 1 is 1.40 bits per heavy atom. The predicted octanol–water partition coefficient (Wildman–Crippen LogP) is 2.77. The highest BCUT2D eigenvalue weighted by atomic mass is 35.5. The smallest absolute Gasteiger partial charge is 0.0589 e. The van der Waals surface area contributed by atoms with Crippen LogP contribution in [-0.4, -0.2) is 18.1 Å². The number of rotatable bonds is 2. The molecule has 0 unspecified atom stereocenters. The van der Waals surface area contributed by atoms with Gasteiger partial charge in [0, 0.05) is 17.3 Å². The van der Waals surface area contributed by atoms with Crippen LogP contribution in [0.4, 0.5) is 0 Å². The first kappa shape index (κ1) is 10.9. The Labute approximate surface area is 96.1 Å². The normalized spacial score (nSPS) is 20.1. The highest BCUT2D eigenvalue weighted by Gasteiger charge is 2.33. The highest BCUT2D eigenvalue weighted by Crippen LogP contribution is 2.35. The maximum Gasteiger partial charge on any atom is 0.0589 e. The number of hydrogen-bond acceptors (Lipinski definition) is 2. The fourth-order valence-electron chi connectivity index (χ4n) is 2.39. The van der Waals surface area contributed by atoms with E-state index in [1.807, 2.05) is 6.07 Å². The Kier molecular flexibility index (Phi) is 3.27. The molecule has 0 amide bonds. The lowest BCUT2D eigenvalue weighted by atomic mass is 9.74. The van der Waals surface area contributed by atoms with E-state index in [1.165, 1.54) is 18.5 Å². The molecule has 0 aromatic carbocycles. The molecule has 15 heavy (non-hydrogen) atoms. The molecule has 1 aromatic rings. The van der Waals surface area contributed by atoms with Gasteiger partial charge in [0.05, 0.1) is 5.02 Å². The van der Waals surface area contributed by atoms with Gasteiger partial charge in [-0.05, 0) is 44.5 Å². The second-order valence-corrected chi connectivity index (χ2v) is 4.68. The minimum absolute atomic E-state index is 0.274. The summed E-state index contributed by atoms with van der Waals surface area (Å²) >= 11 is 5.86. The summed E-state index contributed by atoms with van der Waals surface area (Å²) < 4.78 is 0. The molecule has 1 aliphatic heterocycles. The van der Waals surface area contributed by atoms with E-state index in [2.05, 4.69) is 23.3 Å². The third-order valence-corrected chi connectivity index (χ3v) is 3.73. The number of pyridine rings is 1. The fraction of sp³-hybridized carbons (Fsp3) is 0.583. The summed E-state index contributed by atoms with van der Waals surface area (Å²) in [5.41, 5.74) is 1.48. The molecule has 0 spiro atoms. The minimum Gasteiger partial charge on any atom is -0.317 e. The van der Waals surface area contributed by atoms with Crippen molar-refractivity contribution in [2.24, 2.45) is 0 Å². The molecule has 0 aliphatic carbocycles. The molecule has 1 aliphatic rings. The summed E-state index contributed by atoms with van der Waals surface area (Å²) in [6.45, 7) is 4.44. The quantitative estimate of drug-likeness (QED) is 0.836. The van der Waals surface area contributed by atoms with Crippen LogP contribution in [0.1, 0.15) is 31.9 Å². The number of nitrogens with one attached hydrogen (secondary N) is 1. The van der Waals surface area contributed by atoms with E-state index in [1.54, 1.807) is 6.20 Å². The molecular formula is C12H17ClN2. The third kappa shape index (κ3) is 2.16. The van der Waals surface area contributed by atoms with Crippen LogP contribution in [-0.2, 0) is 5.41 Å². The van der Waals surface area contributed by atoms with Crippen LogP contribution in [0, 0.1) is 0 Å². The Morgan fingerprint density at radius 2 is 2.13 bits per heavy atom. The van der Waals surface area contributed by atoms with E-state index in [4.69, 9.17) is 11.6 Å². The van der Waals surface area contributed by atoms with Gasteiger partial charge in [-0.2, -0.15) is 0 Å². The molecule has 1 N–H and O–H groups in total. The first-order valence-corrected chi connectivity index (χ1v) is 5.97. The number of aromatic nitrogens is 1. The van der Waals surface area contributed by atoms with Crippen molar-refractivity contribution in [1.82, 2.24) is 10.3 Å². The van der Waals surface area contributed by atoms with E-state index in [0.29, 0.717) is 0 Å². The summed E-state index contributed by atoms with van der Waals surface area (Å²) in [7, 11) is 0. The lowest BCUT2D eigenvalue weighted by Crippen LogP contribution is -2.39. The highest BCUT2D eigenvalue weighted by molar-refractivity contribution is 6.30. The van der Waals surface area contributed by atoms with Crippen molar-refractivity contribution in [2.75, 3.05) is 13.1 Å². The molecule has 0 atom stereocenters. The van der Waals surface area contributed by atoms with Crippen LogP contribution >= 0.6 is 11.6 Å². The monoisotopic (exact) mass is 224 g/mol. The Morgan fingerprint density at radius 3 is 2.67 bits per heavy atom. The van der Waals surface area contributed by atoms with Gasteiger partial charge in [0.2, 0.25) is 0 Å². The van der Waals surface area contributed by atoms with Gasteiger partial charge in [0.25, 0.3) is 0 Å². The van der Waals surface area contributed by atoms with E-state index in [9.17, 15) is 0 Å². The lowest BCUT2D eigenvalue weighted by Gasteiger charge is -2.36. The number of nitrogens with zero attached hydrogens (tertiary/aromatic N) is 1. The molecule has 3 heteroatoms. The summed E-state index contributed by atoms with van der Waals surface area (Å²) in [5.74, 6) is 0. The molecule has 2 nitrogen and oxygen atoms in total. The van der Waals surface area contributed by atoms with Crippen LogP contribution < -0.4 is 5.32 Å². The molecular weight excluding hydrogens is 208 g/mol. The van der Waals surface area contributed by atoms with Gasteiger partial charge >= 0.3 is 0 Å². The van der Waals surface area contributed by atoms with Crippen LogP contribution in [0.5, 0.6) is 0 Å². The average Bonchev–Trinajstić information content (AvgIpc) is 2.31. The van der Waals surface area contributed by atoms with Gasteiger partial charge in [-0.25, -0.2) is 0 Å². The fourth-order valence-corrected chi connectivity index (χ4v) is 2.50. The summed E-state index contributed by atoms with van der Waals surface area (Å²) in [6.07, 6.45) is 5.27. The van der Waals surface area contributed by atoms with Crippen molar-refractivity contribution in [3.63, 3.8) is 0 Å². The van der Waals surface area contributed by atoms with Crippen molar-refractivity contribution >= 4 is 11.6 Å². The maximum absolute atomic E-state index is 5.86. The van der Waals surface area contributed by atoms with Crippen molar-refractivity contribution in [3.05, 3.63) is 29.0 Å². The number of piperidine rings is 1. The maximum atomic E-state index is 5.86. The van der Waals surface area contributed by atoms with Crippen LogP contribution in [0.15, 0.2) is 18.3 Å². The van der Waals surface area contributed by atoms with E-state index >= 15 is 0 Å². The number of halogens is 1. The zero-order chi connectivity index (χ0) is 10.7. The largest absolute Gasteiger partial charge is 0.317 e. The molecule has 0 saturated carbocycles. The molecule has 0 bridgehead atoms. The molecule has 82 valence electrons. The first-order chi connectivity index (χ1) is 7.27. The molecule has 2 heterocycles. The molecule has 1 fully saturated rings.